The number of carbonyl (C=O) groups is 1. The van der Waals surface area contributed by atoms with Crippen LogP contribution in [0.3, 0.4) is 0 Å². The van der Waals surface area contributed by atoms with E-state index >= 15 is 0 Å². The summed E-state index contributed by atoms with van der Waals surface area (Å²) in [4.78, 5) is 20.1. The minimum absolute atomic E-state index is 0.138. The zero-order valence-corrected chi connectivity index (χ0v) is 12.3. The van der Waals surface area contributed by atoms with Crippen LogP contribution in [-0.2, 0) is 0 Å². The van der Waals surface area contributed by atoms with E-state index in [-0.39, 0.29) is 17.3 Å². The minimum atomic E-state index is -0.453. The lowest BCUT2D eigenvalue weighted by atomic mass is 10.3. The van der Waals surface area contributed by atoms with Gasteiger partial charge in [0.05, 0.1) is 0 Å². The molecule has 0 fully saturated rings. The zero-order valence-electron chi connectivity index (χ0n) is 12.3. The SMILES string of the molecule is O=C(Nc1ccc(F)cc1)c1cc(Nc2ccc(F)cc2)ncn1. The summed E-state index contributed by atoms with van der Waals surface area (Å²) in [5.74, 6) is -0.796. The third-order valence-electron chi connectivity index (χ3n) is 3.12. The van der Waals surface area contributed by atoms with Crippen LogP contribution in [0.2, 0.25) is 0 Å². The van der Waals surface area contributed by atoms with E-state index in [4.69, 9.17) is 0 Å². The predicted molar refractivity (Wildman–Crippen MR) is 86.1 cm³/mol. The Morgan fingerprint density at radius 3 is 2.04 bits per heavy atom. The van der Waals surface area contributed by atoms with E-state index in [1.165, 1.54) is 48.8 Å². The second-order valence-electron chi connectivity index (χ2n) is 4.88. The summed E-state index contributed by atoms with van der Waals surface area (Å²) in [6.45, 7) is 0. The highest BCUT2D eigenvalue weighted by molar-refractivity contribution is 6.03. The van der Waals surface area contributed by atoms with E-state index in [0.29, 0.717) is 17.2 Å². The van der Waals surface area contributed by atoms with Crippen molar-refractivity contribution in [2.45, 2.75) is 0 Å². The molecule has 7 heteroatoms. The molecule has 120 valence electrons. The van der Waals surface area contributed by atoms with Gasteiger partial charge in [0.1, 0.15) is 29.5 Å². The molecule has 0 radical (unpaired) electrons. The molecular weight excluding hydrogens is 314 g/mol. The van der Waals surface area contributed by atoms with E-state index in [2.05, 4.69) is 20.6 Å². The average molecular weight is 326 g/mol. The fourth-order valence-electron chi connectivity index (χ4n) is 1.96. The van der Waals surface area contributed by atoms with Crippen molar-refractivity contribution in [2.24, 2.45) is 0 Å². The number of hydrogen-bond acceptors (Lipinski definition) is 4. The second kappa shape index (κ2) is 6.82. The topological polar surface area (TPSA) is 66.9 Å². The molecule has 0 unspecified atom stereocenters. The van der Waals surface area contributed by atoms with Gasteiger partial charge in [-0.05, 0) is 48.5 Å². The Bertz CT molecular complexity index is 851. The van der Waals surface area contributed by atoms with Crippen molar-refractivity contribution in [3.8, 4) is 0 Å². The standard InChI is InChI=1S/C17H12F2N4O/c18-11-1-5-13(6-2-11)22-16-9-15(20-10-21-16)17(24)23-14-7-3-12(19)4-8-14/h1-10H,(H,23,24)(H,20,21,22). The molecule has 3 rings (SSSR count). The predicted octanol–water partition coefficient (Wildman–Crippen LogP) is 3.75. The van der Waals surface area contributed by atoms with Crippen LogP contribution in [0.15, 0.2) is 60.9 Å². The molecule has 3 aromatic rings. The summed E-state index contributed by atoms with van der Waals surface area (Å²) in [5, 5.41) is 5.56. The first-order valence-electron chi connectivity index (χ1n) is 7.02. The lowest BCUT2D eigenvalue weighted by molar-refractivity contribution is 0.102. The number of benzene rings is 2. The van der Waals surface area contributed by atoms with Gasteiger partial charge in [0.25, 0.3) is 5.91 Å². The number of rotatable bonds is 4. The van der Waals surface area contributed by atoms with Crippen molar-refractivity contribution in [2.75, 3.05) is 10.6 Å². The first-order valence-corrected chi connectivity index (χ1v) is 7.02. The number of carbonyl (C=O) groups excluding carboxylic acids is 1. The normalized spacial score (nSPS) is 10.2. The molecule has 0 saturated heterocycles. The van der Waals surface area contributed by atoms with Crippen LogP contribution in [0, 0.1) is 11.6 Å². The number of amides is 1. The van der Waals surface area contributed by atoms with Gasteiger partial charge < -0.3 is 10.6 Å². The molecule has 0 aliphatic rings. The molecule has 2 aromatic carbocycles. The van der Waals surface area contributed by atoms with Crippen molar-refractivity contribution in [1.29, 1.82) is 0 Å². The summed E-state index contributed by atoms with van der Waals surface area (Å²) < 4.78 is 25.8. The third-order valence-corrected chi connectivity index (χ3v) is 3.12. The molecule has 24 heavy (non-hydrogen) atoms. The molecule has 1 heterocycles. The van der Waals surface area contributed by atoms with E-state index in [9.17, 15) is 13.6 Å². The molecule has 5 nitrogen and oxygen atoms in total. The summed E-state index contributed by atoms with van der Waals surface area (Å²) in [5.41, 5.74) is 1.21. The maximum absolute atomic E-state index is 12.9. The highest BCUT2D eigenvalue weighted by atomic mass is 19.1. The molecule has 0 aliphatic heterocycles. The van der Waals surface area contributed by atoms with Crippen LogP contribution in [0.1, 0.15) is 10.5 Å². The van der Waals surface area contributed by atoms with Crippen LogP contribution in [0.4, 0.5) is 26.0 Å². The van der Waals surface area contributed by atoms with Gasteiger partial charge in [0.2, 0.25) is 0 Å². The molecule has 0 bridgehead atoms. The van der Waals surface area contributed by atoms with Gasteiger partial charge in [0, 0.05) is 17.4 Å². The Balaban J connectivity index is 1.73. The largest absolute Gasteiger partial charge is 0.340 e. The first kappa shape index (κ1) is 15.5. The van der Waals surface area contributed by atoms with E-state index in [1.807, 2.05) is 0 Å². The van der Waals surface area contributed by atoms with Gasteiger partial charge >= 0.3 is 0 Å². The summed E-state index contributed by atoms with van der Waals surface area (Å²) in [6, 6.07) is 12.6. The first-order chi connectivity index (χ1) is 11.6. The number of hydrogen-bond donors (Lipinski definition) is 2. The molecule has 0 atom stereocenters. The zero-order chi connectivity index (χ0) is 16.9. The Morgan fingerprint density at radius 2 is 1.42 bits per heavy atom. The summed E-state index contributed by atoms with van der Waals surface area (Å²) in [6.07, 6.45) is 1.24. The summed E-state index contributed by atoms with van der Waals surface area (Å²) >= 11 is 0. The lowest BCUT2D eigenvalue weighted by Gasteiger charge is -2.08. The Labute approximate surface area is 136 Å². The number of aromatic nitrogens is 2. The molecule has 1 aromatic heterocycles. The van der Waals surface area contributed by atoms with Gasteiger partial charge in [0.15, 0.2) is 0 Å². The minimum Gasteiger partial charge on any atom is -0.340 e. The van der Waals surface area contributed by atoms with Gasteiger partial charge in [-0.25, -0.2) is 18.7 Å². The fraction of sp³-hybridized carbons (Fsp3) is 0. The number of nitrogens with zero attached hydrogens (tertiary/aromatic N) is 2. The highest BCUT2D eigenvalue weighted by Crippen LogP contribution is 2.16. The van der Waals surface area contributed by atoms with Crippen molar-refractivity contribution in [1.82, 2.24) is 9.97 Å². The maximum atomic E-state index is 12.9. The molecule has 0 saturated carbocycles. The van der Waals surface area contributed by atoms with E-state index in [1.54, 1.807) is 12.1 Å². The second-order valence-corrected chi connectivity index (χ2v) is 4.88. The smallest absolute Gasteiger partial charge is 0.274 e. The molecular formula is C17H12F2N4O. The number of nitrogens with one attached hydrogen (secondary N) is 2. The average Bonchev–Trinajstić information content (AvgIpc) is 2.59. The molecule has 2 N–H and O–H groups in total. The van der Waals surface area contributed by atoms with Crippen LogP contribution >= 0.6 is 0 Å². The lowest BCUT2D eigenvalue weighted by Crippen LogP contribution is -2.14. The number of halogens is 2. The van der Waals surface area contributed by atoms with Crippen LogP contribution in [0.5, 0.6) is 0 Å². The fourth-order valence-corrected chi connectivity index (χ4v) is 1.96. The highest BCUT2D eigenvalue weighted by Gasteiger charge is 2.09. The molecule has 1 amide bonds. The molecule has 0 spiro atoms. The van der Waals surface area contributed by atoms with Gasteiger partial charge in [-0.2, -0.15) is 0 Å². The maximum Gasteiger partial charge on any atom is 0.274 e. The van der Waals surface area contributed by atoms with E-state index < -0.39 is 5.91 Å². The Morgan fingerprint density at radius 1 is 0.833 bits per heavy atom. The van der Waals surface area contributed by atoms with Gasteiger partial charge in [-0.15, -0.1) is 0 Å². The van der Waals surface area contributed by atoms with Crippen molar-refractivity contribution in [3.05, 3.63) is 78.3 Å². The van der Waals surface area contributed by atoms with Gasteiger partial charge in [-0.3, -0.25) is 4.79 Å². The number of anilines is 3. The monoisotopic (exact) mass is 326 g/mol. The van der Waals surface area contributed by atoms with Gasteiger partial charge in [-0.1, -0.05) is 0 Å². The van der Waals surface area contributed by atoms with Crippen LogP contribution in [-0.4, -0.2) is 15.9 Å². The van der Waals surface area contributed by atoms with Crippen molar-refractivity contribution >= 4 is 23.1 Å². The van der Waals surface area contributed by atoms with Crippen LogP contribution in [0.25, 0.3) is 0 Å². The molecule has 0 aliphatic carbocycles. The third kappa shape index (κ3) is 3.89. The Hall–Kier alpha value is -3.35. The van der Waals surface area contributed by atoms with E-state index in [0.717, 1.165) is 0 Å². The Kier molecular flexibility index (Phi) is 4.42. The van der Waals surface area contributed by atoms with Crippen molar-refractivity contribution < 1.29 is 13.6 Å². The summed E-state index contributed by atoms with van der Waals surface area (Å²) in [7, 11) is 0. The quantitative estimate of drug-likeness (QED) is 0.766. The van der Waals surface area contributed by atoms with Crippen LogP contribution < -0.4 is 10.6 Å². The van der Waals surface area contributed by atoms with Crippen molar-refractivity contribution in [3.63, 3.8) is 0 Å².